The Morgan fingerprint density at radius 3 is 2.55 bits per heavy atom. The number of carbonyl (C=O) groups is 2. The quantitative estimate of drug-likeness (QED) is 0.530. The summed E-state index contributed by atoms with van der Waals surface area (Å²) in [5, 5.41) is 2.98. The summed E-state index contributed by atoms with van der Waals surface area (Å²) < 4.78 is 1.53. The van der Waals surface area contributed by atoms with Gasteiger partial charge in [-0.15, -0.1) is 0 Å². The first-order valence-electron chi connectivity index (χ1n) is 9.30. The molecule has 148 valence electrons. The Bertz CT molecular complexity index is 1160. The monoisotopic (exact) mass is 408 g/mol. The topological polar surface area (TPSA) is 84.3 Å². The minimum Gasteiger partial charge on any atom is -0.336 e. The molecular weight excluding hydrogens is 388 g/mol. The van der Waals surface area contributed by atoms with E-state index in [-0.39, 0.29) is 17.5 Å². The molecule has 1 aliphatic heterocycles. The molecule has 1 atom stereocenters. The Labute approximate surface area is 171 Å². The summed E-state index contributed by atoms with van der Waals surface area (Å²) in [5.41, 5.74) is 2.13. The van der Waals surface area contributed by atoms with Crippen LogP contribution < -0.4 is 10.9 Å². The first-order chi connectivity index (χ1) is 14.0. The van der Waals surface area contributed by atoms with Crippen LogP contribution in [-0.4, -0.2) is 44.7 Å². The van der Waals surface area contributed by atoms with Crippen LogP contribution in [0.1, 0.15) is 12.5 Å². The number of carbonyl (C=O) groups excluding carboxylic acids is 2. The second-order valence-corrected chi connectivity index (χ2v) is 8.18. The molecular formula is C21H20N4O3S. The smallest absolute Gasteiger partial charge is 0.324 e. The minimum atomic E-state index is -0.580. The maximum absolute atomic E-state index is 13.2. The normalized spacial score (nSPS) is 14.8. The average Bonchev–Trinajstić information content (AvgIpc) is 3.14. The Hall–Kier alpha value is -3.13. The van der Waals surface area contributed by atoms with Gasteiger partial charge in [-0.1, -0.05) is 41.6 Å². The van der Waals surface area contributed by atoms with E-state index in [1.54, 1.807) is 25.1 Å². The summed E-state index contributed by atoms with van der Waals surface area (Å²) in [7, 11) is 0. The van der Waals surface area contributed by atoms with E-state index in [2.05, 4.69) is 10.3 Å². The van der Waals surface area contributed by atoms with E-state index in [4.69, 9.17) is 0 Å². The molecule has 1 N–H and O–H groups in total. The van der Waals surface area contributed by atoms with E-state index in [0.717, 1.165) is 5.56 Å². The molecule has 3 aromatic rings. The summed E-state index contributed by atoms with van der Waals surface area (Å²) in [4.78, 5) is 43.7. The molecule has 2 heterocycles. The fraction of sp³-hybridized carbons (Fsp3) is 0.238. The Balaban J connectivity index is 1.79. The van der Waals surface area contributed by atoms with E-state index in [1.807, 2.05) is 37.3 Å². The zero-order valence-corrected chi connectivity index (χ0v) is 16.9. The van der Waals surface area contributed by atoms with Crippen molar-refractivity contribution in [3.8, 4) is 5.69 Å². The van der Waals surface area contributed by atoms with Crippen LogP contribution in [0, 0.1) is 6.92 Å². The van der Waals surface area contributed by atoms with E-state index >= 15 is 0 Å². The number of aryl methyl sites for hydroxylation is 1. The second kappa shape index (κ2) is 7.71. The number of hydrogen-bond acceptors (Lipinski definition) is 5. The van der Waals surface area contributed by atoms with Crippen molar-refractivity contribution < 1.29 is 9.59 Å². The molecule has 0 spiro atoms. The minimum absolute atomic E-state index is 0.194. The second-order valence-electron chi connectivity index (χ2n) is 6.87. The van der Waals surface area contributed by atoms with Crippen molar-refractivity contribution in [3.05, 3.63) is 64.4 Å². The molecule has 3 amide bonds. The standard InChI is InChI=1S/C21H20N4O3S/c1-13-7-9-15(10-8-13)25-19(27)16-5-3-4-6-17(16)23-21(25)29-14(2)18(26)24-12-11-22-20(24)28/h3-10,14H,11-12H2,1-2H3,(H,22,28). The molecule has 2 aromatic carbocycles. The van der Waals surface area contributed by atoms with E-state index in [1.165, 1.54) is 21.2 Å². The highest BCUT2D eigenvalue weighted by Gasteiger charge is 2.31. The van der Waals surface area contributed by atoms with Crippen LogP contribution in [0.4, 0.5) is 4.79 Å². The summed E-state index contributed by atoms with van der Waals surface area (Å²) in [5.74, 6) is -0.303. The molecule has 0 saturated carbocycles. The van der Waals surface area contributed by atoms with Gasteiger partial charge in [0, 0.05) is 13.1 Å². The van der Waals surface area contributed by atoms with Crippen LogP contribution in [0.3, 0.4) is 0 Å². The number of hydrogen-bond donors (Lipinski definition) is 1. The van der Waals surface area contributed by atoms with Gasteiger partial charge >= 0.3 is 6.03 Å². The van der Waals surface area contributed by atoms with Gasteiger partial charge in [-0.2, -0.15) is 0 Å². The number of urea groups is 1. The van der Waals surface area contributed by atoms with Crippen LogP contribution in [0.2, 0.25) is 0 Å². The molecule has 1 fully saturated rings. The molecule has 0 radical (unpaired) electrons. The number of rotatable bonds is 4. The molecule has 0 aliphatic carbocycles. The van der Waals surface area contributed by atoms with Gasteiger partial charge in [-0.25, -0.2) is 9.78 Å². The van der Waals surface area contributed by atoms with Gasteiger partial charge in [-0.05, 0) is 38.1 Å². The van der Waals surface area contributed by atoms with Crippen LogP contribution in [0.25, 0.3) is 16.6 Å². The van der Waals surface area contributed by atoms with Gasteiger partial charge in [0.25, 0.3) is 5.56 Å². The van der Waals surface area contributed by atoms with Crippen LogP contribution in [-0.2, 0) is 4.79 Å². The number of aromatic nitrogens is 2. The number of imide groups is 1. The van der Waals surface area contributed by atoms with Crippen molar-refractivity contribution in [2.75, 3.05) is 13.1 Å². The molecule has 1 saturated heterocycles. The largest absolute Gasteiger partial charge is 0.336 e. The third-order valence-corrected chi connectivity index (χ3v) is 5.83. The van der Waals surface area contributed by atoms with Crippen LogP contribution >= 0.6 is 11.8 Å². The molecule has 7 nitrogen and oxygen atoms in total. The van der Waals surface area contributed by atoms with Crippen molar-refractivity contribution in [3.63, 3.8) is 0 Å². The lowest BCUT2D eigenvalue weighted by Gasteiger charge is -2.19. The number of nitrogens with one attached hydrogen (secondary N) is 1. The van der Waals surface area contributed by atoms with E-state index < -0.39 is 5.25 Å². The molecule has 8 heteroatoms. The van der Waals surface area contributed by atoms with Crippen molar-refractivity contribution >= 4 is 34.6 Å². The van der Waals surface area contributed by atoms with Gasteiger partial charge in [0.15, 0.2) is 5.16 Å². The molecule has 1 aliphatic rings. The maximum Gasteiger partial charge on any atom is 0.324 e. The third kappa shape index (κ3) is 3.63. The summed E-state index contributed by atoms with van der Waals surface area (Å²) >= 11 is 1.18. The SMILES string of the molecule is Cc1ccc(-n2c(SC(C)C(=O)N3CCNC3=O)nc3ccccc3c2=O)cc1. The fourth-order valence-corrected chi connectivity index (χ4v) is 4.21. The fourth-order valence-electron chi connectivity index (χ4n) is 3.22. The van der Waals surface area contributed by atoms with Crippen molar-refractivity contribution in [2.24, 2.45) is 0 Å². The van der Waals surface area contributed by atoms with Crippen molar-refractivity contribution in [1.29, 1.82) is 0 Å². The first-order valence-corrected chi connectivity index (χ1v) is 10.2. The van der Waals surface area contributed by atoms with Gasteiger partial charge in [-0.3, -0.25) is 19.1 Å². The number of thioether (sulfide) groups is 1. The number of para-hydroxylation sites is 1. The van der Waals surface area contributed by atoms with Gasteiger partial charge < -0.3 is 5.32 Å². The Morgan fingerprint density at radius 1 is 1.14 bits per heavy atom. The number of fused-ring (bicyclic) bond motifs is 1. The lowest BCUT2D eigenvalue weighted by Crippen LogP contribution is -2.39. The number of benzene rings is 2. The zero-order valence-electron chi connectivity index (χ0n) is 16.1. The zero-order chi connectivity index (χ0) is 20.5. The highest BCUT2D eigenvalue weighted by Crippen LogP contribution is 2.26. The molecule has 1 aromatic heterocycles. The lowest BCUT2D eigenvalue weighted by atomic mass is 10.2. The highest BCUT2D eigenvalue weighted by molar-refractivity contribution is 8.00. The van der Waals surface area contributed by atoms with Gasteiger partial charge in [0.05, 0.1) is 21.8 Å². The molecule has 29 heavy (non-hydrogen) atoms. The summed E-state index contributed by atoms with van der Waals surface area (Å²) in [6.45, 7) is 4.49. The van der Waals surface area contributed by atoms with E-state index in [0.29, 0.717) is 34.8 Å². The average molecular weight is 408 g/mol. The Morgan fingerprint density at radius 2 is 1.86 bits per heavy atom. The van der Waals surface area contributed by atoms with Crippen LogP contribution in [0.15, 0.2) is 58.5 Å². The molecule has 4 rings (SSSR count). The lowest BCUT2D eigenvalue weighted by molar-refractivity contribution is -0.126. The maximum atomic E-state index is 13.2. The van der Waals surface area contributed by atoms with Crippen molar-refractivity contribution in [1.82, 2.24) is 19.8 Å². The van der Waals surface area contributed by atoms with Crippen LogP contribution in [0.5, 0.6) is 0 Å². The number of nitrogens with zero attached hydrogens (tertiary/aromatic N) is 3. The third-order valence-electron chi connectivity index (χ3n) is 4.79. The molecule has 0 bridgehead atoms. The predicted octanol–water partition coefficient (Wildman–Crippen LogP) is 2.73. The number of amides is 3. The Kier molecular flexibility index (Phi) is 5.10. The molecule has 1 unspecified atom stereocenters. The van der Waals surface area contributed by atoms with Gasteiger partial charge in [0.1, 0.15) is 0 Å². The van der Waals surface area contributed by atoms with Gasteiger partial charge in [0.2, 0.25) is 5.91 Å². The summed E-state index contributed by atoms with van der Waals surface area (Å²) in [6.07, 6.45) is 0. The highest BCUT2D eigenvalue weighted by atomic mass is 32.2. The first kappa shape index (κ1) is 19.2. The predicted molar refractivity (Wildman–Crippen MR) is 113 cm³/mol. The van der Waals surface area contributed by atoms with Crippen molar-refractivity contribution in [2.45, 2.75) is 24.3 Å². The van der Waals surface area contributed by atoms with E-state index in [9.17, 15) is 14.4 Å². The summed E-state index contributed by atoms with van der Waals surface area (Å²) in [6, 6.07) is 14.3.